The minimum absolute atomic E-state index is 0.635. The SMILES string of the molecule is CCC(CN)Cc1cncs1. The molecule has 0 radical (unpaired) electrons. The van der Waals surface area contributed by atoms with Gasteiger partial charge in [-0.15, -0.1) is 11.3 Å². The number of rotatable bonds is 4. The van der Waals surface area contributed by atoms with Gasteiger partial charge in [0, 0.05) is 11.1 Å². The third-order valence-electron chi connectivity index (χ3n) is 1.88. The second kappa shape index (κ2) is 4.46. The largest absolute Gasteiger partial charge is 0.330 e. The Morgan fingerprint density at radius 3 is 3.00 bits per heavy atom. The number of thiazole rings is 1. The van der Waals surface area contributed by atoms with Crippen LogP contribution in [-0.4, -0.2) is 11.5 Å². The van der Waals surface area contributed by atoms with Crippen molar-refractivity contribution < 1.29 is 0 Å². The normalized spacial score (nSPS) is 13.3. The standard InChI is InChI=1S/C8H14N2S/c1-2-7(4-9)3-8-5-10-6-11-8/h5-7H,2-4,9H2,1H3. The first-order chi connectivity index (χ1) is 5.36. The third kappa shape index (κ3) is 2.60. The van der Waals surface area contributed by atoms with E-state index in [0.29, 0.717) is 5.92 Å². The fraction of sp³-hybridized carbons (Fsp3) is 0.625. The molecule has 0 aromatic carbocycles. The molecule has 0 aliphatic rings. The molecule has 1 unspecified atom stereocenters. The van der Waals surface area contributed by atoms with Gasteiger partial charge in [-0.2, -0.15) is 0 Å². The minimum atomic E-state index is 0.635. The average molecular weight is 170 g/mol. The summed E-state index contributed by atoms with van der Waals surface area (Å²) < 4.78 is 0. The van der Waals surface area contributed by atoms with Crippen LogP contribution >= 0.6 is 11.3 Å². The Hall–Kier alpha value is -0.410. The van der Waals surface area contributed by atoms with Gasteiger partial charge >= 0.3 is 0 Å². The van der Waals surface area contributed by atoms with Crippen LogP contribution in [0.3, 0.4) is 0 Å². The lowest BCUT2D eigenvalue weighted by Crippen LogP contribution is -2.15. The van der Waals surface area contributed by atoms with Crippen LogP contribution in [0.2, 0.25) is 0 Å². The molecule has 2 N–H and O–H groups in total. The van der Waals surface area contributed by atoms with Gasteiger partial charge in [-0.3, -0.25) is 4.98 Å². The molecular formula is C8H14N2S. The molecule has 1 aromatic rings. The van der Waals surface area contributed by atoms with Gasteiger partial charge in [0.2, 0.25) is 0 Å². The van der Waals surface area contributed by atoms with Gasteiger partial charge < -0.3 is 5.73 Å². The summed E-state index contributed by atoms with van der Waals surface area (Å²) in [5, 5.41) is 0. The number of hydrogen-bond donors (Lipinski definition) is 1. The van der Waals surface area contributed by atoms with Gasteiger partial charge in [-0.25, -0.2) is 0 Å². The smallest absolute Gasteiger partial charge is 0.0794 e. The molecule has 0 amide bonds. The Morgan fingerprint density at radius 2 is 2.55 bits per heavy atom. The summed E-state index contributed by atoms with van der Waals surface area (Å²) in [6.45, 7) is 2.97. The molecule has 1 aromatic heterocycles. The maximum absolute atomic E-state index is 5.58. The van der Waals surface area contributed by atoms with Gasteiger partial charge in [-0.05, 0) is 18.9 Å². The van der Waals surface area contributed by atoms with E-state index in [9.17, 15) is 0 Å². The number of hydrogen-bond acceptors (Lipinski definition) is 3. The maximum atomic E-state index is 5.58. The van der Waals surface area contributed by atoms with Crippen LogP contribution in [0.1, 0.15) is 18.2 Å². The summed E-state index contributed by atoms with van der Waals surface area (Å²) in [4.78, 5) is 5.37. The molecule has 0 saturated carbocycles. The summed E-state index contributed by atoms with van der Waals surface area (Å²) in [7, 11) is 0. The molecular weight excluding hydrogens is 156 g/mol. The summed E-state index contributed by atoms with van der Waals surface area (Å²) >= 11 is 1.72. The first kappa shape index (κ1) is 8.68. The highest BCUT2D eigenvalue weighted by Gasteiger charge is 2.05. The molecule has 0 saturated heterocycles. The summed E-state index contributed by atoms with van der Waals surface area (Å²) in [5.41, 5.74) is 7.46. The van der Waals surface area contributed by atoms with E-state index in [4.69, 9.17) is 5.73 Å². The van der Waals surface area contributed by atoms with Crippen molar-refractivity contribution in [1.29, 1.82) is 0 Å². The van der Waals surface area contributed by atoms with E-state index in [0.717, 1.165) is 19.4 Å². The average Bonchev–Trinajstić information content (AvgIpc) is 2.52. The quantitative estimate of drug-likeness (QED) is 0.746. The van der Waals surface area contributed by atoms with Gasteiger partial charge in [0.25, 0.3) is 0 Å². The van der Waals surface area contributed by atoms with E-state index in [-0.39, 0.29) is 0 Å². The summed E-state index contributed by atoms with van der Waals surface area (Å²) in [6, 6.07) is 0. The monoisotopic (exact) mass is 170 g/mol. The Morgan fingerprint density at radius 1 is 1.73 bits per heavy atom. The number of aromatic nitrogens is 1. The molecule has 2 nitrogen and oxygen atoms in total. The van der Waals surface area contributed by atoms with Crippen molar-refractivity contribution in [2.45, 2.75) is 19.8 Å². The van der Waals surface area contributed by atoms with Gasteiger partial charge in [0.15, 0.2) is 0 Å². The molecule has 0 aliphatic carbocycles. The predicted molar refractivity (Wildman–Crippen MR) is 48.7 cm³/mol. The number of nitrogens with zero attached hydrogens (tertiary/aromatic N) is 1. The van der Waals surface area contributed by atoms with Crippen molar-refractivity contribution in [3.63, 3.8) is 0 Å². The van der Waals surface area contributed by atoms with E-state index in [1.54, 1.807) is 11.3 Å². The topological polar surface area (TPSA) is 38.9 Å². The Kier molecular flexibility index (Phi) is 3.52. The van der Waals surface area contributed by atoms with Crippen molar-refractivity contribution in [2.75, 3.05) is 6.54 Å². The van der Waals surface area contributed by atoms with Crippen LogP contribution in [0.5, 0.6) is 0 Å². The second-order valence-corrected chi connectivity index (χ2v) is 3.65. The minimum Gasteiger partial charge on any atom is -0.330 e. The molecule has 0 aliphatic heterocycles. The van der Waals surface area contributed by atoms with Crippen LogP contribution in [-0.2, 0) is 6.42 Å². The molecule has 1 heterocycles. The van der Waals surface area contributed by atoms with Crippen LogP contribution in [0.15, 0.2) is 11.7 Å². The van der Waals surface area contributed by atoms with E-state index < -0.39 is 0 Å². The summed E-state index contributed by atoms with van der Waals surface area (Å²) in [5.74, 6) is 0.635. The molecule has 0 bridgehead atoms. The molecule has 1 atom stereocenters. The van der Waals surface area contributed by atoms with Crippen LogP contribution in [0.25, 0.3) is 0 Å². The van der Waals surface area contributed by atoms with E-state index in [1.165, 1.54) is 4.88 Å². The van der Waals surface area contributed by atoms with Crippen molar-refractivity contribution in [3.8, 4) is 0 Å². The van der Waals surface area contributed by atoms with Gasteiger partial charge in [0.1, 0.15) is 0 Å². The van der Waals surface area contributed by atoms with Crippen molar-refractivity contribution in [2.24, 2.45) is 11.7 Å². The van der Waals surface area contributed by atoms with E-state index in [1.807, 2.05) is 11.7 Å². The molecule has 0 spiro atoms. The maximum Gasteiger partial charge on any atom is 0.0794 e. The molecule has 0 fully saturated rings. The van der Waals surface area contributed by atoms with Gasteiger partial charge in [-0.1, -0.05) is 13.3 Å². The molecule has 1 rings (SSSR count). The lowest BCUT2D eigenvalue weighted by molar-refractivity contribution is 0.522. The Bertz CT molecular complexity index is 180. The number of nitrogens with two attached hydrogens (primary N) is 1. The molecule has 62 valence electrons. The third-order valence-corrected chi connectivity index (χ3v) is 2.69. The van der Waals surface area contributed by atoms with Crippen molar-refractivity contribution in [3.05, 3.63) is 16.6 Å². The zero-order valence-electron chi connectivity index (χ0n) is 6.79. The second-order valence-electron chi connectivity index (χ2n) is 2.68. The Balaban J connectivity index is 2.41. The summed E-state index contributed by atoms with van der Waals surface area (Å²) in [6.07, 6.45) is 4.19. The van der Waals surface area contributed by atoms with Crippen molar-refractivity contribution >= 4 is 11.3 Å². The predicted octanol–water partition coefficient (Wildman–Crippen LogP) is 1.67. The lowest BCUT2D eigenvalue weighted by atomic mass is 10.0. The van der Waals surface area contributed by atoms with Crippen molar-refractivity contribution in [1.82, 2.24) is 4.98 Å². The fourth-order valence-corrected chi connectivity index (χ4v) is 1.73. The van der Waals surface area contributed by atoms with Crippen LogP contribution in [0.4, 0.5) is 0 Å². The first-order valence-electron chi connectivity index (χ1n) is 3.94. The molecule has 3 heteroatoms. The Labute approximate surface area is 71.5 Å². The van der Waals surface area contributed by atoms with Crippen LogP contribution in [0, 0.1) is 5.92 Å². The van der Waals surface area contributed by atoms with Gasteiger partial charge in [0.05, 0.1) is 5.51 Å². The molecule has 11 heavy (non-hydrogen) atoms. The highest BCUT2D eigenvalue weighted by atomic mass is 32.1. The zero-order valence-corrected chi connectivity index (χ0v) is 7.60. The lowest BCUT2D eigenvalue weighted by Gasteiger charge is -2.08. The van der Waals surface area contributed by atoms with Crippen LogP contribution < -0.4 is 5.73 Å². The first-order valence-corrected chi connectivity index (χ1v) is 4.82. The highest BCUT2D eigenvalue weighted by molar-refractivity contribution is 7.09. The highest BCUT2D eigenvalue weighted by Crippen LogP contribution is 2.13. The van der Waals surface area contributed by atoms with E-state index >= 15 is 0 Å². The zero-order chi connectivity index (χ0) is 8.10. The fourth-order valence-electron chi connectivity index (χ4n) is 1.02. The van der Waals surface area contributed by atoms with E-state index in [2.05, 4.69) is 11.9 Å².